The highest BCUT2D eigenvalue weighted by Crippen LogP contribution is 2.36. The van der Waals surface area contributed by atoms with Gasteiger partial charge in [-0.3, -0.25) is 0 Å². The Hall–Kier alpha value is -0.990. The Labute approximate surface area is 117 Å². The van der Waals surface area contributed by atoms with E-state index >= 15 is 0 Å². The highest BCUT2D eigenvalue weighted by molar-refractivity contribution is 7.91. The normalized spacial score (nSPS) is 26.7. The van der Waals surface area contributed by atoms with Gasteiger partial charge in [-0.25, -0.2) is 4.98 Å². The van der Waals surface area contributed by atoms with E-state index in [-0.39, 0.29) is 10.9 Å². The van der Waals surface area contributed by atoms with Crippen LogP contribution in [0.2, 0.25) is 0 Å². The van der Waals surface area contributed by atoms with Crippen LogP contribution in [0.3, 0.4) is 0 Å². The van der Waals surface area contributed by atoms with Crippen LogP contribution in [-0.4, -0.2) is 41.0 Å². The maximum atomic E-state index is 12.8. The highest BCUT2D eigenvalue weighted by atomic mass is 32.2. The fourth-order valence-corrected chi connectivity index (χ4v) is 3.96. The van der Waals surface area contributed by atoms with Gasteiger partial charge in [0.15, 0.2) is 10.7 Å². The van der Waals surface area contributed by atoms with E-state index in [0.29, 0.717) is 24.5 Å². The number of aromatic nitrogens is 1. The van der Waals surface area contributed by atoms with Crippen LogP contribution in [-0.2, 0) is 17.4 Å². The van der Waals surface area contributed by atoms with Crippen molar-refractivity contribution in [2.45, 2.75) is 23.5 Å². The van der Waals surface area contributed by atoms with Gasteiger partial charge in [-0.2, -0.15) is 13.2 Å². The van der Waals surface area contributed by atoms with Gasteiger partial charge < -0.3 is 14.8 Å². The van der Waals surface area contributed by atoms with Gasteiger partial charge in [0.2, 0.25) is 0 Å². The summed E-state index contributed by atoms with van der Waals surface area (Å²) >= 11 is -1.43. The van der Waals surface area contributed by atoms with Crippen molar-refractivity contribution in [3.63, 3.8) is 0 Å². The van der Waals surface area contributed by atoms with Gasteiger partial charge in [0, 0.05) is 44.4 Å². The first kappa shape index (κ1) is 14.0. The number of piperazine rings is 1. The molecule has 0 saturated carbocycles. The van der Waals surface area contributed by atoms with Crippen molar-refractivity contribution in [1.82, 2.24) is 10.3 Å². The topological polar surface area (TPSA) is 51.2 Å². The lowest BCUT2D eigenvalue weighted by Gasteiger charge is -2.35. The third-order valence-electron chi connectivity index (χ3n) is 3.66. The molecule has 3 rings (SSSR count). The fourth-order valence-electron chi connectivity index (χ4n) is 2.63. The first-order chi connectivity index (χ1) is 9.47. The number of rotatable bonds is 0. The number of nitrogens with zero attached hydrogens (tertiary/aromatic N) is 2. The predicted molar refractivity (Wildman–Crippen MR) is 69.1 cm³/mol. The number of fused-ring (bicyclic) bond motifs is 3. The molecule has 1 fully saturated rings. The first-order valence-electron chi connectivity index (χ1n) is 6.40. The first-order valence-corrected chi connectivity index (χ1v) is 7.71. The maximum Gasteiger partial charge on any atom is 0.418 e. The molecule has 0 radical (unpaired) electrons. The second-order valence-corrected chi connectivity index (χ2v) is 6.47. The minimum absolute atomic E-state index is 0.151. The average molecular weight is 305 g/mol. The van der Waals surface area contributed by atoms with E-state index in [0.717, 1.165) is 25.4 Å². The van der Waals surface area contributed by atoms with Crippen LogP contribution in [0.15, 0.2) is 17.2 Å². The molecule has 110 valence electrons. The largest absolute Gasteiger partial charge is 0.611 e. The van der Waals surface area contributed by atoms with E-state index in [1.54, 1.807) is 0 Å². The molecule has 20 heavy (non-hydrogen) atoms. The lowest BCUT2D eigenvalue weighted by atomic mass is 10.1. The van der Waals surface area contributed by atoms with Crippen LogP contribution in [0.4, 0.5) is 19.0 Å². The molecule has 3 heterocycles. The van der Waals surface area contributed by atoms with E-state index in [4.69, 9.17) is 0 Å². The molecule has 2 atom stereocenters. The number of nitrogens with one attached hydrogen (secondary N) is 1. The van der Waals surface area contributed by atoms with Crippen molar-refractivity contribution in [2.75, 3.05) is 30.3 Å². The summed E-state index contributed by atoms with van der Waals surface area (Å²) in [5, 5.41) is 3.24. The summed E-state index contributed by atoms with van der Waals surface area (Å²) in [6.07, 6.45) is -2.93. The molecule has 0 aliphatic carbocycles. The van der Waals surface area contributed by atoms with E-state index in [2.05, 4.69) is 10.3 Å². The quantitative estimate of drug-likeness (QED) is 0.736. The zero-order chi connectivity index (χ0) is 14.3. The second-order valence-electron chi connectivity index (χ2n) is 4.93. The predicted octanol–water partition coefficient (Wildman–Crippen LogP) is 1.39. The van der Waals surface area contributed by atoms with E-state index in [1.807, 2.05) is 4.90 Å². The van der Waals surface area contributed by atoms with Crippen molar-refractivity contribution in [3.8, 4) is 0 Å². The smallest absolute Gasteiger partial charge is 0.418 e. The lowest BCUT2D eigenvalue weighted by molar-refractivity contribution is -0.138. The van der Waals surface area contributed by atoms with Crippen molar-refractivity contribution in [2.24, 2.45) is 0 Å². The zero-order valence-electron chi connectivity index (χ0n) is 10.6. The molecule has 2 aliphatic heterocycles. The lowest BCUT2D eigenvalue weighted by Crippen LogP contribution is -2.51. The molecule has 1 N–H and O–H groups in total. The summed E-state index contributed by atoms with van der Waals surface area (Å²) in [6, 6.07) is 1.14. The number of hydrogen-bond donors (Lipinski definition) is 1. The zero-order valence-corrected chi connectivity index (χ0v) is 11.4. The van der Waals surface area contributed by atoms with Crippen LogP contribution >= 0.6 is 0 Å². The van der Waals surface area contributed by atoms with Gasteiger partial charge in [0.25, 0.3) is 0 Å². The number of pyridine rings is 1. The molecule has 0 aromatic carbocycles. The monoisotopic (exact) mass is 305 g/mol. The minimum Gasteiger partial charge on any atom is -0.611 e. The summed E-state index contributed by atoms with van der Waals surface area (Å²) in [5.41, 5.74) is -0.835. The Balaban J connectivity index is 2.04. The van der Waals surface area contributed by atoms with Gasteiger partial charge in [-0.15, -0.1) is 0 Å². The average Bonchev–Trinajstić information content (AvgIpc) is 2.56. The number of anilines is 1. The molecule has 8 heteroatoms. The van der Waals surface area contributed by atoms with Gasteiger partial charge in [0.1, 0.15) is 5.75 Å². The van der Waals surface area contributed by atoms with Crippen LogP contribution < -0.4 is 10.2 Å². The Bertz CT molecular complexity index is 511. The molecule has 2 unspecified atom stereocenters. The van der Waals surface area contributed by atoms with E-state index < -0.39 is 22.9 Å². The van der Waals surface area contributed by atoms with E-state index in [9.17, 15) is 17.7 Å². The Morgan fingerprint density at radius 2 is 2.25 bits per heavy atom. The number of hydrogen-bond acceptors (Lipinski definition) is 4. The summed E-state index contributed by atoms with van der Waals surface area (Å²) in [5.74, 6) is 0.819. The van der Waals surface area contributed by atoms with Gasteiger partial charge >= 0.3 is 6.18 Å². The molecule has 0 spiro atoms. The van der Waals surface area contributed by atoms with Gasteiger partial charge in [-0.1, -0.05) is 0 Å². The molecule has 1 aromatic heterocycles. The molecule has 0 bridgehead atoms. The van der Waals surface area contributed by atoms with Crippen molar-refractivity contribution in [3.05, 3.63) is 17.8 Å². The third-order valence-corrected chi connectivity index (χ3v) is 5.06. The van der Waals surface area contributed by atoms with Crippen LogP contribution in [0.1, 0.15) is 12.0 Å². The highest BCUT2D eigenvalue weighted by Gasteiger charge is 2.38. The van der Waals surface area contributed by atoms with Crippen molar-refractivity contribution < 1.29 is 17.7 Å². The molecule has 1 aromatic rings. The van der Waals surface area contributed by atoms with Crippen molar-refractivity contribution in [1.29, 1.82) is 0 Å². The second kappa shape index (κ2) is 5.09. The van der Waals surface area contributed by atoms with Gasteiger partial charge in [0.05, 0.1) is 5.56 Å². The van der Waals surface area contributed by atoms with Crippen LogP contribution in [0.5, 0.6) is 0 Å². The van der Waals surface area contributed by atoms with Crippen LogP contribution in [0.25, 0.3) is 0 Å². The SMILES string of the molecule is [O-][S+]1CCC2CNCCN2c2ncc(C(F)(F)F)cc21. The number of halogens is 3. The fraction of sp³-hybridized carbons (Fsp3) is 0.583. The van der Waals surface area contributed by atoms with Crippen LogP contribution in [0, 0.1) is 0 Å². The molecular formula is C12H14F3N3OS. The number of alkyl halides is 3. The Morgan fingerprint density at radius 1 is 1.45 bits per heavy atom. The third kappa shape index (κ3) is 2.47. The van der Waals surface area contributed by atoms with Gasteiger partial charge in [-0.05, 0) is 11.2 Å². The summed E-state index contributed by atoms with van der Waals surface area (Å²) in [4.78, 5) is 6.16. The molecular weight excluding hydrogens is 291 g/mol. The van der Waals surface area contributed by atoms with Crippen molar-refractivity contribution >= 4 is 17.0 Å². The summed E-state index contributed by atoms with van der Waals surface area (Å²) in [6.45, 7) is 2.18. The standard InChI is InChI=1S/C12H14F3N3OS/c13-12(14,15)8-5-10-11(17-6-8)18-3-2-16-7-9(18)1-4-20(10)19/h5-6,9,16H,1-4,7H2. The molecule has 1 saturated heterocycles. The Kier molecular flexibility index (Phi) is 3.55. The summed E-state index contributed by atoms with van der Waals surface area (Å²) < 4.78 is 50.5. The summed E-state index contributed by atoms with van der Waals surface area (Å²) in [7, 11) is 0. The minimum atomic E-state index is -4.46. The molecule has 2 aliphatic rings. The Morgan fingerprint density at radius 3 is 3.00 bits per heavy atom. The van der Waals surface area contributed by atoms with E-state index in [1.165, 1.54) is 0 Å². The maximum absolute atomic E-state index is 12.8. The molecule has 0 amide bonds. The molecule has 4 nitrogen and oxygen atoms in total.